The normalized spacial score (nSPS) is 21.5. The van der Waals surface area contributed by atoms with Gasteiger partial charge in [0.05, 0.1) is 18.6 Å². The highest BCUT2D eigenvalue weighted by Gasteiger charge is 2.39. The molecule has 1 aliphatic heterocycles. The Kier molecular flexibility index (Phi) is 7.12. The maximum atomic E-state index is 12.1. The number of aromatic nitrogens is 2. The second-order valence-electron chi connectivity index (χ2n) is 6.73. The molecule has 0 radical (unpaired) electrons. The molecule has 3 amide bonds. The molecule has 166 valence electrons. The van der Waals surface area contributed by atoms with Gasteiger partial charge in [0.25, 0.3) is 11.8 Å². The molecule has 0 aromatic carbocycles. The van der Waals surface area contributed by atoms with Crippen molar-refractivity contribution in [2.75, 3.05) is 11.4 Å². The van der Waals surface area contributed by atoms with E-state index in [0.717, 1.165) is 6.92 Å². The Morgan fingerprint density at radius 3 is 2.50 bits per heavy atom. The average molecular weight is 430 g/mol. The van der Waals surface area contributed by atoms with Crippen molar-refractivity contribution in [3.05, 3.63) is 5.89 Å². The summed E-state index contributed by atoms with van der Waals surface area (Å²) in [6.45, 7) is 1.09. The zero-order valence-electron chi connectivity index (χ0n) is 15.8. The van der Waals surface area contributed by atoms with Crippen LogP contribution in [0.25, 0.3) is 0 Å². The number of hydrogen-bond donors (Lipinski definition) is 7. The molecule has 30 heavy (non-hydrogen) atoms. The molecule has 1 aliphatic rings. The molecule has 1 aromatic heterocycles. The lowest BCUT2D eigenvalue weighted by Crippen LogP contribution is -2.52. The van der Waals surface area contributed by atoms with E-state index < -0.39 is 60.6 Å². The summed E-state index contributed by atoms with van der Waals surface area (Å²) in [4.78, 5) is 51.1. The molecule has 1 unspecified atom stereocenters. The number of hydrogen-bond acceptors (Lipinski definition) is 10. The lowest BCUT2D eigenvalue weighted by Gasteiger charge is -2.20. The third-order valence-corrected chi connectivity index (χ3v) is 4.30. The van der Waals surface area contributed by atoms with E-state index in [2.05, 4.69) is 15.5 Å². The number of carbonyl (C=O) groups is 4. The van der Waals surface area contributed by atoms with Gasteiger partial charge in [0.1, 0.15) is 12.1 Å². The van der Waals surface area contributed by atoms with E-state index in [0.29, 0.717) is 0 Å². The Labute approximate surface area is 168 Å². The number of carbonyl (C=O) groups excluding carboxylic acids is 2. The van der Waals surface area contributed by atoms with Gasteiger partial charge in [0, 0.05) is 13.0 Å². The lowest BCUT2D eigenvalue weighted by atomic mass is 10.2. The van der Waals surface area contributed by atoms with E-state index in [-0.39, 0.29) is 24.8 Å². The standard InChI is InChI=1S/C15H22N6O9/c1-5(22)10(13(27)28)18-15(29)17-7(3-9(16)24)11-19-14(20-30-11)21-4-6(23)2-8(21)12(25)26/h5-8,10,22-23H,2-4H2,1H3,(H2,16,24)(H,25,26)(H,27,28)(H2,17,18,29)/t5?,6-,7+,8-,10+/m1/s1. The number of aliphatic hydroxyl groups excluding tert-OH is 2. The van der Waals surface area contributed by atoms with E-state index in [1.165, 1.54) is 4.90 Å². The maximum Gasteiger partial charge on any atom is 0.328 e. The molecule has 2 rings (SSSR count). The van der Waals surface area contributed by atoms with Crippen molar-refractivity contribution in [3.63, 3.8) is 0 Å². The number of aliphatic hydroxyl groups is 2. The average Bonchev–Trinajstić information content (AvgIpc) is 3.24. The van der Waals surface area contributed by atoms with Crippen LogP contribution in [0.3, 0.4) is 0 Å². The first-order chi connectivity index (χ1) is 14.0. The summed E-state index contributed by atoms with van der Waals surface area (Å²) in [5.41, 5.74) is 5.16. The van der Waals surface area contributed by atoms with Crippen molar-refractivity contribution in [2.45, 2.75) is 50.1 Å². The summed E-state index contributed by atoms with van der Waals surface area (Å²) in [7, 11) is 0. The van der Waals surface area contributed by atoms with Gasteiger partial charge in [-0.15, -0.1) is 0 Å². The van der Waals surface area contributed by atoms with E-state index in [1.807, 2.05) is 5.32 Å². The van der Waals surface area contributed by atoms with Crippen molar-refractivity contribution in [3.8, 4) is 0 Å². The number of carboxylic acid groups (broad SMARTS) is 2. The maximum absolute atomic E-state index is 12.1. The van der Waals surface area contributed by atoms with E-state index in [1.54, 1.807) is 0 Å². The second-order valence-corrected chi connectivity index (χ2v) is 6.73. The smallest absolute Gasteiger partial charge is 0.328 e. The number of anilines is 1. The zero-order chi connectivity index (χ0) is 22.6. The van der Waals surface area contributed by atoms with Gasteiger partial charge in [-0.05, 0) is 12.1 Å². The summed E-state index contributed by atoms with van der Waals surface area (Å²) in [5, 5.41) is 45.3. The molecule has 8 N–H and O–H groups in total. The molecule has 2 heterocycles. The fraction of sp³-hybridized carbons (Fsp3) is 0.600. The summed E-state index contributed by atoms with van der Waals surface area (Å²) >= 11 is 0. The quantitative estimate of drug-likeness (QED) is 0.209. The minimum Gasteiger partial charge on any atom is -0.480 e. The molecule has 0 bridgehead atoms. The van der Waals surface area contributed by atoms with Crippen LogP contribution in [0, 0.1) is 0 Å². The first-order valence-corrected chi connectivity index (χ1v) is 8.76. The zero-order valence-corrected chi connectivity index (χ0v) is 15.8. The molecule has 0 saturated carbocycles. The van der Waals surface area contributed by atoms with E-state index in [9.17, 15) is 34.5 Å². The Balaban J connectivity index is 2.18. The summed E-state index contributed by atoms with van der Waals surface area (Å²) in [6.07, 6.45) is -2.88. The Bertz CT molecular complexity index is 812. The molecule has 1 saturated heterocycles. The number of rotatable bonds is 9. The minimum atomic E-state index is -1.63. The number of nitrogens with zero attached hydrogens (tertiary/aromatic N) is 3. The Morgan fingerprint density at radius 2 is 1.97 bits per heavy atom. The van der Waals surface area contributed by atoms with Crippen molar-refractivity contribution < 1.29 is 44.1 Å². The van der Waals surface area contributed by atoms with Crippen molar-refractivity contribution >= 4 is 29.8 Å². The number of primary amides is 1. The summed E-state index contributed by atoms with van der Waals surface area (Å²) in [5.74, 6) is -4.03. The highest BCUT2D eigenvalue weighted by Crippen LogP contribution is 2.25. The van der Waals surface area contributed by atoms with Gasteiger partial charge in [0.15, 0.2) is 6.04 Å². The van der Waals surface area contributed by atoms with Gasteiger partial charge in [0.2, 0.25) is 5.91 Å². The minimum absolute atomic E-state index is 0.0551. The number of urea groups is 1. The monoisotopic (exact) mass is 430 g/mol. The van der Waals surface area contributed by atoms with Crippen LogP contribution in [-0.2, 0) is 14.4 Å². The largest absolute Gasteiger partial charge is 0.480 e. The highest BCUT2D eigenvalue weighted by atomic mass is 16.5. The van der Waals surface area contributed by atoms with E-state index >= 15 is 0 Å². The number of β-amino-alcohol motifs (C(OH)–C–C–N with tert-alkyl or cyclic N) is 1. The highest BCUT2D eigenvalue weighted by molar-refractivity contribution is 5.83. The number of nitrogens with two attached hydrogens (primary N) is 1. The fourth-order valence-corrected chi connectivity index (χ4v) is 2.89. The first kappa shape index (κ1) is 22.8. The molecule has 1 fully saturated rings. The molecule has 15 heteroatoms. The molecule has 0 spiro atoms. The third-order valence-electron chi connectivity index (χ3n) is 4.30. The van der Waals surface area contributed by atoms with Gasteiger partial charge in [-0.3, -0.25) is 4.79 Å². The van der Waals surface area contributed by atoms with Gasteiger partial charge in [-0.2, -0.15) is 4.98 Å². The SMILES string of the molecule is CC(O)[C@H](NC(=O)N[C@@H](CC(N)=O)c1nc(N2C[C@H](O)C[C@@H]2C(=O)O)no1)C(=O)O. The van der Waals surface area contributed by atoms with Crippen LogP contribution < -0.4 is 21.3 Å². The molecular weight excluding hydrogens is 408 g/mol. The van der Waals surface area contributed by atoms with Gasteiger partial charge in [-0.25, -0.2) is 14.4 Å². The van der Waals surface area contributed by atoms with Crippen LogP contribution in [0.15, 0.2) is 4.52 Å². The second kappa shape index (κ2) is 9.36. The van der Waals surface area contributed by atoms with Crippen molar-refractivity contribution in [1.82, 2.24) is 20.8 Å². The van der Waals surface area contributed by atoms with Crippen molar-refractivity contribution in [1.29, 1.82) is 0 Å². The van der Waals surface area contributed by atoms with Crippen LogP contribution in [0.4, 0.5) is 10.7 Å². The van der Waals surface area contributed by atoms with Crippen LogP contribution in [0.2, 0.25) is 0 Å². The first-order valence-electron chi connectivity index (χ1n) is 8.76. The molecule has 15 nitrogen and oxygen atoms in total. The molecule has 5 atom stereocenters. The summed E-state index contributed by atoms with van der Waals surface area (Å²) < 4.78 is 5.01. The van der Waals surface area contributed by atoms with Crippen LogP contribution in [0.1, 0.15) is 31.7 Å². The van der Waals surface area contributed by atoms with E-state index in [4.69, 9.17) is 15.4 Å². The van der Waals surface area contributed by atoms with Gasteiger partial charge < -0.3 is 46.2 Å². The Morgan fingerprint density at radius 1 is 1.30 bits per heavy atom. The molecule has 0 aliphatic carbocycles. The fourth-order valence-electron chi connectivity index (χ4n) is 2.89. The van der Waals surface area contributed by atoms with Crippen LogP contribution in [-0.4, -0.2) is 85.3 Å². The Hall–Kier alpha value is -3.46. The topological polar surface area (TPSA) is 241 Å². The predicted molar refractivity (Wildman–Crippen MR) is 95.0 cm³/mol. The number of amides is 3. The van der Waals surface area contributed by atoms with Gasteiger partial charge >= 0.3 is 18.0 Å². The third kappa shape index (κ3) is 5.54. The van der Waals surface area contributed by atoms with Crippen molar-refractivity contribution in [2.24, 2.45) is 5.73 Å². The van der Waals surface area contributed by atoms with Crippen LogP contribution >= 0.6 is 0 Å². The summed E-state index contributed by atoms with van der Waals surface area (Å²) in [6, 6.07) is -5.05. The lowest BCUT2D eigenvalue weighted by molar-refractivity contribution is -0.142. The number of aliphatic carboxylic acids is 2. The van der Waals surface area contributed by atoms with Gasteiger partial charge in [-0.1, -0.05) is 0 Å². The molecular formula is C15H22N6O9. The van der Waals surface area contributed by atoms with Crippen LogP contribution in [0.5, 0.6) is 0 Å². The predicted octanol–water partition coefficient (Wildman–Crippen LogP) is -2.86. The number of nitrogens with one attached hydrogen (secondary N) is 2. The number of carboxylic acids is 2. The molecule has 1 aromatic rings.